The van der Waals surface area contributed by atoms with Gasteiger partial charge in [-0.2, -0.15) is 0 Å². The molecular weight excluding hydrogens is 594 g/mol. The minimum atomic E-state index is -0.482. The summed E-state index contributed by atoms with van der Waals surface area (Å²) in [6.07, 6.45) is 1.50. The van der Waals surface area contributed by atoms with Crippen molar-refractivity contribution in [3.8, 4) is 11.8 Å². The molecule has 1 amide bonds. The van der Waals surface area contributed by atoms with Gasteiger partial charge >= 0.3 is 0 Å². The van der Waals surface area contributed by atoms with Crippen molar-refractivity contribution in [2.75, 3.05) is 13.1 Å². The average Bonchev–Trinajstić information content (AvgIpc) is 3.41. The van der Waals surface area contributed by atoms with Crippen molar-refractivity contribution >= 4 is 62.6 Å². The Labute approximate surface area is 230 Å². The standard InChI is InChI=1S/C28H27Cl2IN2O2/c1-4-18(15-31)5-6-19-11-17(2)23-13-20(32(3)26(23)12-19)14-24-25(29)8-7-22(27(24)30)28(35)33-10-9-21(34)16-33/h7-8,11-13,15,21,34H,4,9-10,14,16H2,1-3H3/b18-15+/t21-/m1/s1. The average molecular weight is 621 g/mol. The van der Waals surface area contributed by atoms with Crippen LogP contribution in [0.2, 0.25) is 10.0 Å². The van der Waals surface area contributed by atoms with Gasteiger partial charge in [-0.25, -0.2) is 0 Å². The number of hydrogen-bond donors (Lipinski definition) is 1. The van der Waals surface area contributed by atoms with Crippen LogP contribution in [0.5, 0.6) is 0 Å². The van der Waals surface area contributed by atoms with Crippen LogP contribution in [-0.4, -0.2) is 39.7 Å². The minimum absolute atomic E-state index is 0.174. The van der Waals surface area contributed by atoms with Gasteiger partial charge in [-0.1, -0.05) is 64.6 Å². The first-order valence-electron chi connectivity index (χ1n) is 11.6. The zero-order chi connectivity index (χ0) is 25.3. The number of halogens is 3. The highest BCUT2D eigenvalue weighted by Gasteiger charge is 2.28. The number of aryl methyl sites for hydroxylation is 2. The summed E-state index contributed by atoms with van der Waals surface area (Å²) in [5.74, 6) is 6.38. The van der Waals surface area contributed by atoms with Gasteiger partial charge in [0.05, 0.1) is 16.7 Å². The molecule has 4 rings (SSSR count). The molecule has 35 heavy (non-hydrogen) atoms. The maximum Gasteiger partial charge on any atom is 0.255 e. The van der Waals surface area contributed by atoms with Crippen molar-refractivity contribution in [1.29, 1.82) is 0 Å². The number of benzene rings is 2. The van der Waals surface area contributed by atoms with Crippen LogP contribution in [0, 0.1) is 18.8 Å². The van der Waals surface area contributed by atoms with Gasteiger partial charge in [0.2, 0.25) is 0 Å². The van der Waals surface area contributed by atoms with E-state index in [4.69, 9.17) is 23.2 Å². The maximum atomic E-state index is 13.0. The zero-order valence-electron chi connectivity index (χ0n) is 20.0. The van der Waals surface area contributed by atoms with Gasteiger partial charge in [0.25, 0.3) is 5.91 Å². The predicted octanol–water partition coefficient (Wildman–Crippen LogP) is 6.67. The molecule has 3 aromatic rings. The molecule has 2 heterocycles. The second-order valence-electron chi connectivity index (χ2n) is 8.92. The van der Waals surface area contributed by atoms with E-state index in [1.54, 1.807) is 17.0 Å². The molecule has 4 nitrogen and oxygen atoms in total. The summed E-state index contributed by atoms with van der Waals surface area (Å²) in [6, 6.07) is 9.79. The summed E-state index contributed by atoms with van der Waals surface area (Å²) in [6.45, 7) is 5.05. The second-order valence-corrected chi connectivity index (χ2v) is 10.3. The third-order valence-corrected chi connectivity index (χ3v) is 8.11. The lowest BCUT2D eigenvalue weighted by Gasteiger charge is -2.18. The van der Waals surface area contributed by atoms with Gasteiger partial charge in [0.15, 0.2) is 0 Å². The number of amides is 1. The van der Waals surface area contributed by atoms with Gasteiger partial charge < -0.3 is 14.6 Å². The van der Waals surface area contributed by atoms with Crippen molar-refractivity contribution in [1.82, 2.24) is 9.47 Å². The minimum Gasteiger partial charge on any atom is -0.391 e. The van der Waals surface area contributed by atoms with E-state index < -0.39 is 6.10 Å². The van der Waals surface area contributed by atoms with Crippen LogP contribution in [0.25, 0.3) is 10.9 Å². The Morgan fingerprint density at radius 2 is 2.06 bits per heavy atom. The fourth-order valence-electron chi connectivity index (χ4n) is 4.45. The Kier molecular flexibility index (Phi) is 8.17. The van der Waals surface area contributed by atoms with Crippen molar-refractivity contribution < 1.29 is 9.90 Å². The molecule has 0 aliphatic carbocycles. The first-order chi connectivity index (χ1) is 16.7. The second kappa shape index (κ2) is 11.0. The van der Waals surface area contributed by atoms with Crippen LogP contribution >= 0.6 is 45.8 Å². The van der Waals surface area contributed by atoms with Crippen LogP contribution in [0.15, 0.2) is 40.0 Å². The molecule has 1 atom stereocenters. The van der Waals surface area contributed by atoms with Crippen LogP contribution in [0.4, 0.5) is 0 Å². The highest BCUT2D eigenvalue weighted by atomic mass is 127. The van der Waals surface area contributed by atoms with E-state index in [-0.39, 0.29) is 5.91 Å². The summed E-state index contributed by atoms with van der Waals surface area (Å²) >= 11 is 15.5. The van der Waals surface area contributed by atoms with Gasteiger partial charge in [0, 0.05) is 59.3 Å². The Hall–Kier alpha value is -1.98. The number of β-amino-alcohol motifs (C(OH)–C–C–N with tert-alkyl or cyclic N) is 1. The molecule has 1 aliphatic rings. The third-order valence-electron chi connectivity index (χ3n) is 6.57. The van der Waals surface area contributed by atoms with Gasteiger partial charge in [-0.15, -0.1) is 0 Å². The Morgan fingerprint density at radius 1 is 1.29 bits per heavy atom. The van der Waals surface area contributed by atoms with E-state index >= 15 is 0 Å². The van der Waals surface area contributed by atoms with Crippen LogP contribution in [-0.2, 0) is 13.5 Å². The molecule has 0 spiro atoms. The number of hydrogen-bond acceptors (Lipinski definition) is 2. The summed E-state index contributed by atoms with van der Waals surface area (Å²) in [5, 5.41) is 11.9. The Morgan fingerprint density at radius 3 is 2.71 bits per heavy atom. The molecule has 182 valence electrons. The molecule has 1 fully saturated rings. The van der Waals surface area contributed by atoms with Crippen LogP contribution in [0.1, 0.15) is 52.5 Å². The number of fused-ring (bicyclic) bond motifs is 1. The fourth-order valence-corrected chi connectivity index (χ4v) is 5.63. The first-order valence-corrected chi connectivity index (χ1v) is 13.6. The predicted molar refractivity (Wildman–Crippen MR) is 153 cm³/mol. The lowest BCUT2D eigenvalue weighted by atomic mass is 10.0. The van der Waals surface area contributed by atoms with E-state index in [0.29, 0.717) is 41.5 Å². The highest BCUT2D eigenvalue weighted by Crippen LogP contribution is 2.33. The number of carbonyl (C=O) groups is 1. The molecule has 1 N–H and O–H groups in total. The molecule has 1 saturated heterocycles. The van der Waals surface area contributed by atoms with Gasteiger partial charge in [-0.05, 0) is 65.3 Å². The highest BCUT2D eigenvalue weighted by molar-refractivity contribution is 14.1. The topological polar surface area (TPSA) is 45.5 Å². The molecular formula is C28H27Cl2IN2O2. The molecule has 2 aromatic carbocycles. The first kappa shape index (κ1) is 26.1. The summed E-state index contributed by atoms with van der Waals surface area (Å²) in [5.41, 5.74) is 6.51. The smallest absolute Gasteiger partial charge is 0.255 e. The molecule has 0 unspecified atom stereocenters. The normalized spacial score (nSPS) is 16.0. The monoisotopic (exact) mass is 620 g/mol. The largest absolute Gasteiger partial charge is 0.391 e. The fraction of sp³-hybridized carbons (Fsp3) is 0.321. The quantitative estimate of drug-likeness (QED) is 0.262. The Balaban J connectivity index is 1.70. The van der Waals surface area contributed by atoms with E-state index in [1.165, 1.54) is 0 Å². The number of aromatic nitrogens is 1. The zero-order valence-corrected chi connectivity index (χ0v) is 23.6. The SMILES string of the molecule is CC/C(C#Cc1cc(C)c2cc(Cc3c(Cl)ccc(C(=O)N4CC[C@@H](O)C4)c3Cl)n(C)c2c1)=C\I. The van der Waals surface area contributed by atoms with E-state index in [9.17, 15) is 9.90 Å². The van der Waals surface area contributed by atoms with Crippen LogP contribution < -0.4 is 0 Å². The molecule has 1 aromatic heterocycles. The van der Waals surface area contributed by atoms with Crippen molar-refractivity contribution in [3.63, 3.8) is 0 Å². The van der Waals surface area contributed by atoms with Crippen LogP contribution in [0.3, 0.4) is 0 Å². The van der Waals surface area contributed by atoms with E-state index in [1.807, 2.05) is 11.1 Å². The number of aliphatic hydroxyl groups is 1. The lowest BCUT2D eigenvalue weighted by molar-refractivity contribution is 0.0765. The molecule has 0 saturated carbocycles. The number of rotatable bonds is 4. The summed E-state index contributed by atoms with van der Waals surface area (Å²) in [4.78, 5) is 14.7. The summed E-state index contributed by atoms with van der Waals surface area (Å²) < 4.78 is 4.16. The van der Waals surface area contributed by atoms with Crippen molar-refractivity contribution in [3.05, 3.63) is 78.0 Å². The number of carbonyl (C=O) groups excluding carboxylic acids is 1. The molecule has 7 heteroatoms. The van der Waals surface area contributed by atoms with E-state index in [2.05, 4.69) is 71.0 Å². The Bertz CT molecular complexity index is 1400. The van der Waals surface area contributed by atoms with E-state index in [0.717, 1.165) is 45.3 Å². The van der Waals surface area contributed by atoms with Gasteiger partial charge in [-0.3, -0.25) is 4.79 Å². The maximum absolute atomic E-state index is 13.0. The van der Waals surface area contributed by atoms with Gasteiger partial charge in [0.1, 0.15) is 0 Å². The number of likely N-dealkylation sites (tertiary alicyclic amines) is 1. The number of nitrogens with zero attached hydrogens (tertiary/aromatic N) is 2. The molecule has 0 bridgehead atoms. The number of allylic oxidation sites excluding steroid dienone is 1. The molecule has 0 radical (unpaired) electrons. The van der Waals surface area contributed by atoms with Crippen molar-refractivity contribution in [2.24, 2.45) is 7.05 Å². The third kappa shape index (κ3) is 5.41. The lowest BCUT2D eigenvalue weighted by Crippen LogP contribution is -2.29. The summed E-state index contributed by atoms with van der Waals surface area (Å²) in [7, 11) is 2.03. The van der Waals surface area contributed by atoms with Crippen molar-refractivity contribution in [2.45, 2.75) is 39.2 Å². The molecule has 1 aliphatic heterocycles. The number of aliphatic hydroxyl groups excluding tert-OH is 1.